The van der Waals surface area contributed by atoms with Gasteiger partial charge in [-0.1, -0.05) is 12.8 Å². The molecule has 0 spiro atoms. The van der Waals surface area contributed by atoms with E-state index < -0.39 is 0 Å². The Labute approximate surface area is 144 Å². The minimum absolute atomic E-state index is 0.0836. The predicted octanol–water partition coefficient (Wildman–Crippen LogP) is 2.42. The van der Waals surface area contributed by atoms with E-state index in [4.69, 9.17) is 0 Å². The number of unbranched alkanes of at least 4 members (excludes halogenated alkanes) is 1. The van der Waals surface area contributed by atoms with Crippen molar-refractivity contribution in [1.29, 1.82) is 0 Å². The van der Waals surface area contributed by atoms with Crippen molar-refractivity contribution in [2.75, 3.05) is 26.2 Å². The van der Waals surface area contributed by atoms with Gasteiger partial charge in [0.2, 0.25) is 0 Å². The van der Waals surface area contributed by atoms with E-state index in [9.17, 15) is 9.59 Å². The molecule has 6 nitrogen and oxygen atoms in total. The zero-order valence-corrected chi connectivity index (χ0v) is 14.5. The van der Waals surface area contributed by atoms with E-state index in [0.717, 1.165) is 45.3 Å². The van der Waals surface area contributed by atoms with E-state index in [1.165, 1.54) is 6.42 Å². The molecule has 24 heavy (non-hydrogen) atoms. The van der Waals surface area contributed by atoms with Crippen LogP contribution in [0, 0.1) is 5.92 Å². The molecule has 2 N–H and O–H groups in total. The number of carbonyl (C=O) groups is 2. The first-order valence-corrected chi connectivity index (χ1v) is 8.91. The van der Waals surface area contributed by atoms with Gasteiger partial charge < -0.3 is 15.5 Å². The number of rotatable bonds is 7. The van der Waals surface area contributed by atoms with Crippen LogP contribution in [0.4, 0.5) is 4.79 Å². The van der Waals surface area contributed by atoms with Crippen LogP contribution >= 0.6 is 0 Å². The first-order chi connectivity index (χ1) is 11.7. The van der Waals surface area contributed by atoms with Crippen LogP contribution in [0.2, 0.25) is 0 Å². The van der Waals surface area contributed by atoms with Gasteiger partial charge in [0, 0.05) is 38.6 Å². The highest BCUT2D eigenvalue weighted by Crippen LogP contribution is 2.23. The number of carbonyl (C=O) groups excluding carboxylic acids is 2. The van der Waals surface area contributed by atoms with Gasteiger partial charge in [0.15, 0.2) is 0 Å². The summed E-state index contributed by atoms with van der Waals surface area (Å²) in [4.78, 5) is 29.6. The lowest BCUT2D eigenvalue weighted by atomic mass is 9.91. The van der Waals surface area contributed by atoms with Crippen molar-refractivity contribution in [3.8, 4) is 0 Å². The third-order valence-corrected chi connectivity index (χ3v) is 4.47. The summed E-state index contributed by atoms with van der Waals surface area (Å²) in [6, 6.07) is 3.54. The summed E-state index contributed by atoms with van der Waals surface area (Å²) in [6.45, 7) is 4.95. The molecule has 0 aromatic carbocycles. The molecule has 0 atom stereocenters. The predicted molar refractivity (Wildman–Crippen MR) is 93.8 cm³/mol. The summed E-state index contributed by atoms with van der Waals surface area (Å²) in [5.74, 6) is 0.778. The highest BCUT2D eigenvalue weighted by molar-refractivity contribution is 5.93. The number of urea groups is 1. The van der Waals surface area contributed by atoms with E-state index in [2.05, 4.69) is 15.6 Å². The van der Waals surface area contributed by atoms with Gasteiger partial charge in [-0.05, 0) is 44.2 Å². The molecule has 0 aliphatic carbocycles. The number of likely N-dealkylation sites (tertiary alicyclic amines) is 1. The molecule has 0 saturated carbocycles. The fraction of sp³-hybridized carbons (Fsp3) is 0.611. The summed E-state index contributed by atoms with van der Waals surface area (Å²) in [5, 5.41) is 5.58. The van der Waals surface area contributed by atoms with Gasteiger partial charge in [-0.3, -0.25) is 9.78 Å². The molecule has 1 saturated heterocycles. The Bertz CT molecular complexity index is 513. The summed E-state index contributed by atoms with van der Waals surface area (Å²) in [5.41, 5.74) is 0.674. The molecule has 3 amide bonds. The Balaban J connectivity index is 1.59. The first kappa shape index (κ1) is 18.2. The van der Waals surface area contributed by atoms with Crippen LogP contribution in [0.5, 0.6) is 0 Å². The summed E-state index contributed by atoms with van der Waals surface area (Å²) in [6.07, 6.45) is 8.75. The SMILES string of the molecule is CCNC(=O)NCCCCC1CCN(C(=O)c2cccnc2)CC1. The van der Waals surface area contributed by atoms with Crippen molar-refractivity contribution >= 4 is 11.9 Å². The van der Waals surface area contributed by atoms with E-state index in [1.54, 1.807) is 18.5 Å². The lowest BCUT2D eigenvalue weighted by Crippen LogP contribution is -2.38. The van der Waals surface area contributed by atoms with Gasteiger partial charge in [0.05, 0.1) is 5.56 Å². The maximum absolute atomic E-state index is 12.4. The third kappa shape index (κ3) is 5.83. The maximum Gasteiger partial charge on any atom is 0.314 e. The second kappa shape index (κ2) is 9.90. The minimum atomic E-state index is -0.0836. The molecular formula is C18H28N4O2. The molecule has 2 rings (SSSR count). The van der Waals surface area contributed by atoms with Crippen molar-refractivity contribution in [2.45, 2.75) is 39.0 Å². The number of nitrogens with one attached hydrogen (secondary N) is 2. The average Bonchev–Trinajstić information content (AvgIpc) is 2.62. The number of nitrogens with zero attached hydrogens (tertiary/aromatic N) is 2. The van der Waals surface area contributed by atoms with Crippen molar-refractivity contribution < 1.29 is 9.59 Å². The van der Waals surface area contributed by atoms with Gasteiger partial charge in [0.1, 0.15) is 0 Å². The Morgan fingerprint density at radius 2 is 2.04 bits per heavy atom. The highest BCUT2D eigenvalue weighted by atomic mass is 16.2. The lowest BCUT2D eigenvalue weighted by Gasteiger charge is -2.32. The first-order valence-electron chi connectivity index (χ1n) is 8.91. The van der Waals surface area contributed by atoms with Crippen molar-refractivity contribution in [3.63, 3.8) is 0 Å². The average molecular weight is 332 g/mol. The van der Waals surface area contributed by atoms with Gasteiger partial charge >= 0.3 is 6.03 Å². The highest BCUT2D eigenvalue weighted by Gasteiger charge is 2.23. The van der Waals surface area contributed by atoms with Gasteiger partial charge in [0.25, 0.3) is 5.91 Å². The number of aromatic nitrogens is 1. The second-order valence-corrected chi connectivity index (χ2v) is 6.26. The maximum atomic E-state index is 12.4. The number of amides is 3. The Kier molecular flexibility index (Phi) is 7.52. The molecule has 2 heterocycles. The normalized spacial score (nSPS) is 15.1. The van der Waals surface area contributed by atoms with Crippen LogP contribution in [-0.4, -0.2) is 48.0 Å². The Morgan fingerprint density at radius 1 is 1.25 bits per heavy atom. The smallest absolute Gasteiger partial charge is 0.314 e. The Hall–Kier alpha value is -2.11. The van der Waals surface area contributed by atoms with Crippen molar-refractivity contribution in [1.82, 2.24) is 20.5 Å². The summed E-state index contributed by atoms with van der Waals surface area (Å²) >= 11 is 0. The van der Waals surface area contributed by atoms with Gasteiger partial charge in [-0.2, -0.15) is 0 Å². The molecule has 0 bridgehead atoms. The summed E-state index contributed by atoms with van der Waals surface area (Å²) in [7, 11) is 0. The molecule has 1 aliphatic heterocycles. The van der Waals surface area contributed by atoms with Crippen LogP contribution in [0.3, 0.4) is 0 Å². The number of hydrogen-bond acceptors (Lipinski definition) is 3. The zero-order chi connectivity index (χ0) is 17.2. The van der Waals surface area contributed by atoms with E-state index in [1.807, 2.05) is 17.9 Å². The molecule has 6 heteroatoms. The fourth-order valence-electron chi connectivity index (χ4n) is 3.08. The van der Waals surface area contributed by atoms with Crippen LogP contribution in [-0.2, 0) is 0 Å². The summed E-state index contributed by atoms with van der Waals surface area (Å²) < 4.78 is 0. The van der Waals surface area contributed by atoms with Crippen LogP contribution in [0.25, 0.3) is 0 Å². The molecule has 1 aromatic rings. The number of piperidine rings is 1. The van der Waals surface area contributed by atoms with Crippen LogP contribution in [0.1, 0.15) is 49.4 Å². The number of hydrogen-bond donors (Lipinski definition) is 2. The fourth-order valence-corrected chi connectivity index (χ4v) is 3.08. The zero-order valence-electron chi connectivity index (χ0n) is 14.5. The quantitative estimate of drug-likeness (QED) is 0.753. The molecular weight excluding hydrogens is 304 g/mol. The molecule has 132 valence electrons. The third-order valence-electron chi connectivity index (χ3n) is 4.47. The lowest BCUT2D eigenvalue weighted by molar-refractivity contribution is 0.0685. The van der Waals surface area contributed by atoms with E-state index >= 15 is 0 Å². The minimum Gasteiger partial charge on any atom is -0.339 e. The van der Waals surface area contributed by atoms with Gasteiger partial charge in [-0.15, -0.1) is 0 Å². The number of pyridine rings is 1. The van der Waals surface area contributed by atoms with E-state index in [-0.39, 0.29) is 11.9 Å². The molecule has 0 radical (unpaired) electrons. The van der Waals surface area contributed by atoms with Crippen molar-refractivity contribution in [3.05, 3.63) is 30.1 Å². The topological polar surface area (TPSA) is 74.3 Å². The largest absolute Gasteiger partial charge is 0.339 e. The molecule has 0 unspecified atom stereocenters. The molecule has 1 aliphatic rings. The van der Waals surface area contributed by atoms with Crippen molar-refractivity contribution in [2.24, 2.45) is 5.92 Å². The monoisotopic (exact) mass is 332 g/mol. The Morgan fingerprint density at radius 3 is 2.71 bits per heavy atom. The molecule has 1 fully saturated rings. The van der Waals surface area contributed by atoms with Gasteiger partial charge in [-0.25, -0.2) is 4.79 Å². The second-order valence-electron chi connectivity index (χ2n) is 6.26. The van der Waals surface area contributed by atoms with Crippen LogP contribution < -0.4 is 10.6 Å². The van der Waals surface area contributed by atoms with Crippen LogP contribution in [0.15, 0.2) is 24.5 Å². The van der Waals surface area contributed by atoms with E-state index in [0.29, 0.717) is 18.0 Å². The standard InChI is InChI=1S/C18H28N4O2/c1-2-20-18(24)21-11-4-3-6-15-8-12-22(13-9-15)17(23)16-7-5-10-19-14-16/h5,7,10,14-15H,2-4,6,8-9,11-13H2,1H3,(H2,20,21,24). The molecule has 1 aromatic heterocycles.